The van der Waals surface area contributed by atoms with Crippen LogP contribution in [0.15, 0.2) is 11.6 Å². The van der Waals surface area contributed by atoms with Gasteiger partial charge in [0.1, 0.15) is 17.6 Å². The minimum Gasteiger partial charge on any atom is -0.458 e. The van der Waals surface area contributed by atoms with Gasteiger partial charge >= 0.3 is 11.9 Å². The topological polar surface area (TPSA) is 155 Å². The van der Waals surface area contributed by atoms with Crippen LogP contribution in [0.2, 0.25) is 0 Å². The number of cyclic esters (lactones) is 1. The molecule has 14 heteroatoms. The van der Waals surface area contributed by atoms with Gasteiger partial charge in [0.05, 0.1) is 38.5 Å². The van der Waals surface area contributed by atoms with Crippen LogP contribution in [0.1, 0.15) is 81.6 Å². The van der Waals surface area contributed by atoms with Crippen molar-refractivity contribution in [3.63, 3.8) is 0 Å². The van der Waals surface area contributed by atoms with Gasteiger partial charge < -0.3 is 28.8 Å². The lowest BCUT2D eigenvalue weighted by Gasteiger charge is -2.48. The predicted molar refractivity (Wildman–Crippen MR) is 185 cm³/mol. The zero-order chi connectivity index (χ0) is 36.9. The molecule has 0 spiro atoms. The number of alkyl halides is 2. The fourth-order valence-corrected chi connectivity index (χ4v) is 7.12. The minimum absolute atomic E-state index is 0.0744. The van der Waals surface area contributed by atoms with Crippen molar-refractivity contribution in [1.82, 2.24) is 0 Å². The van der Waals surface area contributed by atoms with E-state index in [1.165, 1.54) is 26.8 Å². The minimum atomic E-state index is -1.68. The molecule has 0 aromatic carbocycles. The fraction of sp³-hybridized carbons (Fsp3) is 0.824. The van der Waals surface area contributed by atoms with Crippen molar-refractivity contribution >= 4 is 55.4 Å². The Morgan fingerprint density at radius 2 is 1.77 bits per heavy atom. The van der Waals surface area contributed by atoms with Crippen LogP contribution < -0.4 is 0 Å². The number of allylic oxidation sites excluding steroid dienone is 1. The van der Waals surface area contributed by atoms with Gasteiger partial charge in [0, 0.05) is 35.3 Å². The number of ketones is 2. The summed E-state index contributed by atoms with van der Waals surface area (Å²) in [7, 11) is 3.12. The molecule has 12 nitrogen and oxygen atoms in total. The van der Waals surface area contributed by atoms with Crippen LogP contribution >= 0.6 is 31.9 Å². The van der Waals surface area contributed by atoms with Crippen molar-refractivity contribution in [2.24, 2.45) is 17.8 Å². The van der Waals surface area contributed by atoms with Crippen LogP contribution in [-0.2, 0) is 42.9 Å². The number of rotatable bonds is 9. The van der Waals surface area contributed by atoms with Gasteiger partial charge in [-0.05, 0) is 59.1 Å². The van der Waals surface area contributed by atoms with Crippen molar-refractivity contribution in [3.05, 3.63) is 11.6 Å². The Labute approximate surface area is 302 Å². The third kappa shape index (κ3) is 10.9. The first-order valence-corrected chi connectivity index (χ1v) is 18.6. The molecule has 2 aliphatic rings. The van der Waals surface area contributed by atoms with Gasteiger partial charge in [-0.25, -0.2) is 5.21 Å². The zero-order valence-electron chi connectivity index (χ0n) is 30.2. The van der Waals surface area contributed by atoms with Gasteiger partial charge in [-0.1, -0.05) is 52.6 Å². The highest BCUT2D eigenvalue weighted by atomic mass is 79.9. The quantitative estimate of drug-likeness (QED) is 0.110. The van der Waals surface area contributed by atoms with Crippen molar-refractivity contribution in [2.75, 3.05) is 26.0 Å². The van der Waals surface area contributed by atoms with E-state index in [-0.39, 0.29) is 35.6 Å². The van der Waals surface area contributed by atoms with Crippen LogP contribution in [0, 0.1) is 17.8 Å². The molecule has 0 bridgehead atoms. The monoisotopic (exact) mass is 812 g/mol. The summed E-state index contributed by atoms with van der Waals surface area (Å²) < 4.78 is 30.4. The molecule has 0 aliphatic carbocycles. The van der Waals surface area contributed by atoms with E-state index in [1.54, 1.807) is 55.6 Å². The highest BCUT2D eigenvalue weighted by Crippen LogP contribution is 2.39. The van der Waals surface area contributed by atoms with Crippen LogP contribution in [0.25, 0.3) is 0 Å². The molecule has 1 unspecified atom stereocenters. The molecule has 1 fully saturated rings. The van der Waals surface area contributed by atoms with Crippen molar-refractivity contribution in [1.29, 1.82) is 0 Å². The number of halogens is 2. The number of carbonyl (C=O) groups excluding carboxylic acids is 4. The average Bonchev–Trinajstić information content (AvgIpc) is 2.98. The number of esters is 2. The van der Waals surface area contributed by atoms with Gasteiger partial charge in [-0.2, -0.15) is 4.65 Å². The Morgan fingerprint density at radius 3 is 2.29 bits per heavy atom. The first-order valence-electron chi connectivity index (χ1n) is 16.6. The third-order valence-corrected chi connectivity index (χ3v) is 11.6. The molecule has 0 saturated carbocycles. The summed E-state index contributed by atoms with van der Waals surface area (Å²) in [4.78, 5) is 53.7. The van der Waals surface area contributed by atoms with E-state index in [4.69, 9.17) is 23.7 Å². The number of hydrogen-bond donors (Lipinski definition) is 2. The lowest BCUT2D eigenvalue weighted by molar-refractivity contribution is -1.09. The number of Topliss-reactive ketones (excluding diaryl/α,β-unsaturated/α-hetero) is 2. The summed E-state index contributed by atoms with van der Waals surface area (Å²) in [6.07, 6.45) is -2.88. The van der Waals surface area contributed by atoms with Crippen LogP contribution in [0.5, 0.6) is 0 Å². The highest BCUT2D eigenvalue weighted by Gasteiger charge is 2.54. The van der Waals surface area contributed by atoms with E-state index in [0.717, 1.165) is 0 Å². The van der Waals surface area contributed by atoms with Crippen LogP contribution in [0.4, 0.5) is 0 Å². The van der Waals surface area contributed by atoms with Crippen molar-refractivity contribution in [2.45, 2.75) is 134 Å². The van der Waals surface area contributed by atoms with E-state index in [9.17, 15) is 29.5 Å². The molecule has 12 atom stereocenters. The summed E-state index contributed by atoms with van der Waals surface area (Å²) in [5, 5.41) is 22.9. The molecule has 2 N–H and O–H groups in total. The third-order valence-electron chi connectivity index (χ3n) is 9.37. The zero-order valence-corrected chi connectivity index (χ0v) is 33.3. The Balaban J connectivity index is 2.81. The number of hydroxylamine groups is 3. The molecule has 0 aromatic heterocycles. The maximum Gasteiger partial charge on any atom is 0.316 e. The number of ether oxygens (including phenoxy) is 5. The predicted octanol–water partition coefficient (Wildman–Crippen LogP) is 4.68. The number of nitrogens with zero attached hydrogens (tertiary/aromatic N) is 1. The van der Waals surface area contributed by atoms with Crippen molar-refractivity contribution in [3.8, 4) is 0 Å². The summed E-state index contributed by atoms with van der Waals surface area (Å²) in [6, 6.07) is -0.652. The van der Waals surface area contributed by atoms with E-state index in [2.05, 4.69) is 31.9 Å². The average molecular weight is 815 g/mol. The summed E-state index contributed by atoms with van der Waals surface area (Å²) in [6.45, 7) is 14.6. The maximum absolute atomic E-state index is 14.2. The molecule has 2 aliphatic heterocycles. The van der Waals surface area contributed by atoms with Crippen LogP contribution in [0.3, 0.4) is 0 Å². The lowest BCUT2D eigenvalue weighted by atomic mass is 9.76. The molecule has 0 radical (unpaired) electrons. The molecular weight excluding hydrogens is 758 g/mol. The van der Waals surface area contributed by atoms with Crippen LogP contribution in [-0.4, -0.2) is 117 Å². The number of hydrogen-bond acceptors (Lipinski definition) is 11. The SMILES string of the molecule is CC[C@H]1OC(=O)[C@H](C)C(=O)[C@H](C)[C@@H](O[C@@H]2O[C@H](C)C[C@H]([N+](C)(C)O)[C@H]2OC(C)=O)[C@@](C)(OCC(Br)CBr)C[C@@H](C)C(=O)/C(C)=C/[C@]1(C)O. The number of carbonyl (C=O) groups is 4. The van der Waals surface area contributed by atoms with Gasteiger partial charge in [0.2, 0.25) is 12.4 Å². The lowest BCUT2D eigenvalue weighted by Crippen LogP contribution is -2.64. The Kier molecular flexibility index (Phi) is 15.5. The van der Waals surface area contributed by atoms with Crippen molar-refractivity contribution < 1.29 is 57.8 Å². The number of aliphatic hydroxyl groups is 1. The molecule has 0 aromatic rings. The maximum atomic E-state index is 14.2. The van der Waals surface area contributed by atoms with E-state index >= 15 is 0 Å². The van der Waals surface area contributed by atoms with Gasteiger partial charge in [0.25, 0.3) is 0 Å². The largest absolute Gasteiger partial charge is 0.458 e. The molecule has 276 valence electrons. The fourth-order valence-electron chi connectivity index (χ4n) is 6.80. The number of quaternary nitrogens is 1. The molecule has 1 saturated heterocycles. The molecule has 48 heavy (non-hydrogen) atoms. The standard InChI is InChI=1S/C34H56Br2NO11/c1-12-26-33(8,42)14-18(2)27(39)19(3)15-34(9,44-17-24(36)16-35)30(21(5)28(40)22(6)31(41)47-26)48-32-29(46-23(7)38)25(37(10,11)43)13-20(4)45-32/h14,19-22,24-26,29-30,32,42-43H,12-13,15-17H2,1-11H3/q+1/b18-14+/t19-,20-,21+,22-,24?,25+,26-,29-,30-,32+,33+,34+/m1/s1. The van der Waals surface area contributed by atoms with Gasteiger partial charge in [-0.15, -0.1) is 0 Å². The van der Waals surface area contributed by atoms with E-state index in [0.29, 0.717) is 11.8 Å². The number of likely N-dealkylation sites (N-methyl/N-ethyl adjacent to an activating group) is 1. The first kappa shape index (κ1) is 42.9. The van der Waals surface area contributed by atoms with E-state index < -0.39 is 88.1 Å². The molecule has 2 heterocycles. The highest BCUT2D eigenvalue weighted by molar-refractivity contribution is 9.12. The van der Waals surface area contributed by atoms with E-state index in [1.807, 2.05) is 0 Å². The van der Waals surface area contributed by atoms with Gasteiger partial charge in [-0.3, -0.25) is 19.2 Å². The summed E-state index contributed by atoms with van der Waals surface area (Å²) in [5.74, 6) is -5.20. The Hall–Kier alpha value is -1.26. The summed E-state index contributed by atoms with van der Waals surface area (Å²) >= 11 is 7.02. The molecule has 2 rings (SSSR count). The Bertz CT molecular complexity index is 1190. The Morgan fingerprint density at radius 1 is 1.17 bits per heavy atom. The summed E-state index contributed by atoms with van der Waals surface area (Å²) in [5.41, 5.74) is -2.76. The second-order valence-corrected chi connectivity index (χ2v) is 16.3. The normalized spacial score (nSPS) is 39.5. The van der Waals surface area contributed by atoms with Gasteiger partial charge in [0.15, 0.2) is 17.6 Å². The first-order chi connectivity index (χ1) is 22.0. The molecule has 0 amide bonds. The smallest absolute Gasteiger partial charge is 0.316 e. The second kappa shape index (κ2) is 17.3. The molecular formula is C34H56Br2NO11+. The second-order valence-electron chi connectivity index (χ2n) is 14.4.